The predicted molar refractivity (Wildman–Crippen MR) is 84.9 cm³/mol. The lowest BCUT2D eigenvalue weighted by Crippen LogP contribution is -2.33. The number of nitrogens with one attached hydrogen (secondary N) is 1. The standard InChI is InChI=1S/C17H28N2O/c1-6-19(7-2)17(20)8-9-18-15(5)16-11-13(3)10-14(4)12-16/h10-12,15,18H,6-9H2,1-5H3. The summed E-state index contributed by atoms with van der Waals surface area (Å²) in [5.41, 5.74) is 3.86. The molecule has 112 valence electrons. The highest BCUT2D eigenvalue weighted by molar-refractivity contribution is 5.76. The molecule has 0 fully saturated rings. The van der Waals surface area contributed by atoms with Gasteiger partial charge < -0.3 is 10.2 Å². The van der Waals surface area contributed by atoms with E-state index in [0.717, 1.165) is 19.6 Å². The van der Waals surface area contributed by atoms with Crippen LogP contribution < -0.4 is 5.32 Å². The van der Waals surface area contributed by atoms with Crippen LogP contribution in [0.15, 0.2) is 18.2 Å². The first-order valence-corrected chi connectivity index (χ1v) is 7.57. The molecule has 1 aromatic carbocycles. The second-order valence-electron chi connectivity index (χ2n) is 5.41. The quantitative estimate of drug-likeness (QED) is 0.829. The van der Waals surface area contributed by atoms with Crippen molar-refractivity contribution in [3.8, 4) is 0 Å². The van der Waals surface area contributed by atoms with Crippen LogP contribution >= 0.6 is 0 Å². The largest absolute Gasteiger partial charge is 0.343 e. The lowest BCUT2D eigenvalue weighted by molar-refractivity contribution is -0.130. The van der Waals surface area contributed by atoms with Gasteiger partial charge in [0.15, 0.2) is 0 Å². The Hall–Kier alpha value is -1.35. The SMILES string of the molecule is CCN(CC)C(=O)CCNC(C)c1cc(C)cc(C)c1. The van der Waals surface area contributed by atoms with Crippen LogP contribution in [0.3, 0.4) is 0 Å². The maximum atomic E-state index is 11.9. The fraction of sp³-hybridized carbons (Fsp3) is 0.588. The maximum Gasteiger partial charge on any atom is 0.223 e. The van der Waals surface area contributed by atoms with Gasteiger partial charge in [-0.15, -0.1) is 0 Å². The van der Waals surface area contributed by atoms with Gasteiger partial charge in [0.2, 0.25) is 5.91 Å². The van der Waals surface area contributed by atoms with Gasteiger partial charge in [0.05, 0.1) is 0 Å². The molecule has 0 aliphatic heterocycles. The third-order valence-electron chi connectivity index (χ3n) is 3.65. The zero-order chi connectivity index (χ0) is 15.1. The number of nitrogens with zero attached hydrogens (tertiary/aromatic N) is 1. The third-order valence-corrected chi connectivity index (χ3v) is 3.65. The van der Waals surface area contributed by atoms with Crippen molar-refractivity contribution in [2.45, 2.75) is 47.1 Å². The number of hydrogen-bond donors (Lipinski definition) is 1. The number of benzene rings is 1. The van der Waals surface area contributed by atoms with Crippen LogP contribution in [-0.2, 0) is 4.79 Å². The number of aryl methyl sites for hydroxylation is 2. The van der Waals surface area contributed by atoms with Gasteiger partial charge in [-0.3, -0.25) is 4.79 Å². The first-order valence-electron chi connectivity index (χ1n) is 7.57. The normalized spacial score (nSPS) is 12.2. The van der Waals surface area contributed by atoms with Crippen molar-refractivity contribution in [2.75, 3.05) is 19.6 Å². The fourth-order valence-electron chi connectivity index (χ4n) is 2.51. The molecule has 0 saturated heterocycles. The summed E-state index contributed by atoms with van der Waals surface area (Å²) in [6.45, 7) is 12.7. The average Bonchev–Trinajstić information content (AvgIpc) is 2.38. The minimum absolute atomic E-state index is 0.232. The van der Waals surface area contributed by atoms with Crippen molar-refractivity contribution >= 4 is 5.91 Å². The maximum absolute atomic E-state index is 11.9. The van der Waals surface area contributed by atoms with E-state index >= 15 is 0 Å². The smallest absolute Gasteiger partial charge is 0.223 e. The molecule has 0 radical (unpaired) electrons. The summed E-state index contributed by atoms with van der Waals surface area (Å²) in [6, 6.07) is 6.87. The monoisotopic (exact) mass is 276 g/mol. The van der Waals surface area contributed by atoms with Crippen LogP contribution in [-0.4, -0.2) is 30.4 Å². The molecule has 0 aromatic heterocycles. The van der Waals surface area contributed by atoms with E-state index in [1.54, 1.807) is 0 Å². The summed E-state index contributed by atoms with van der Waals surface area (Å²) in [7, 11) is 0. The van der Waals surface area contributed by atoms with E-state index in [9.17, 15) is 4.79 Å². The summed E-state index contributed by atoms with van der Waals surface area (Å²) >= 11 is 0. The summed E-state index contributed by atoms with van der Waals surface area (Å²) in [5.74, 6) is 0.232. The topological polar surface area (TPSA) is 32.3 Å². The molecule has 1 rings (SSSR count). The summed E-state index contributed by atoms with van der Waals surface area (Å²) < 4.78 is 0. The Labute approximate surface area is 123 Å². The highest BCUT2D eigenvalue weighted by Gasteiger charge is 2.10. The van der Waals surface area contributed by atoms with Crippen LogP contribution in [0.5, 0.6) is 0 Å². The van der Waals surface area contributed by atoms with Gasteiger partial charge in [0.1, 0.15) is 0 Å². The van der Waals surface area contributed by atoms with Gasteiger partial charge >= 0.3 is 0 Å². The highest BCUT2D eigenvalue weighted by atomic mass is 16.2. The molecule has 3 nitrogen and oxygen atoms in total. The molecule has 1 aromatic rings. The Bertz CT molecular complexity index is 418. The minimum atomic E-state index is 0.232. The van der Waals surface area contributed by atoms with Crippen LogP contribution in [0.1, 0.15) is 49.9 Å². The number of rotatable bonds is 7. The molecule has 0 bridgehead atoms. The van der Waals surface area contributed by atoms with Crippen LogP contribution in [0.2, 0.25) is 0 Å². The van der Waals surface area contributed by atoms with Crippen molar-refractivity contribution in [3.05, 3.63) is 34.9 Å². The molecule has 1 amide bonds. The molecule has 0 aliphatic carbocycles. The van der Waals surface area contributed by atoms with Gasteiger partial charge in [0, 0.05) is 32.1 Å². The highest BCUT2D eigenvalue weighted by Crippen LogP contribution is 2.16. The predicted octanol–water partition coefficient (Wildman–Crippen LogP) is 3.21. The Kier molecular flexibility index (Phi) is 6.73. The van der Waals surface area contributed by atoms with Gasteiger partial charge in [0.25, 0.3) is 0 Å². The van der Waals surface area contributed by atoms with E-state index < -0.39 is 0 Å². The Morgan fingerprint density at radius 1 is 1.15 bits per heavy atom. The van der Waals surface area contributed by atoms with Crippen molar-refractivity contribution in [3.63, 3.8) is 0 Å². The molecule has 20 heavy (non-hydrogen) atoms. The van der Waals surface area contributed by atoms with Crippen molar-refractivity contribution in [1.29, 1.82) is 0 Å². The summed E-state index contributed by atoms with van der Waals surface area (Å²) in [4.78, 5) is 13.8. The van der Waals surface area contributed by atoms with E-state index in [0.29, 0.717) is 6.42 Å². The lowest BCUT2D eigenvalue weighted by atomic mass is 10.0. The van der Waals surface area contributed by atoms with Crippen LogP contribution in [0, 0.1) is 13.8 Å². The van der Waals surface area contributed by atoms with Crippen molar-refractivity contribution in [1.82, 2.24) is 10.2 Å². The summed E-state index contributed by atoms with van der Waals surface area (Å²) in [6.07, 6.45) is 0.566. The average molecular weight is 276 g/mol. The number of amides is 1. The number of carbonyl (C=O) groups excluding carboxylic acids is 1. The third kappa shape index (κ3) is 4.97. The minimum Gasteiger partial charge on any atom is -0.343 e. The van der Waals surface area contributed by atoms with E-state index in [2.05, 4.69) is 44.3 Å². The van der Waals surface area contributed by atoms with E-state index in [1.165, 1.54) is 16.7 Å². The number of hydrogen-bond acceptors (Lipinski definition) is 2. The Morgan fingerprint density at radius 2 is 1.70 bits per heavy atom. The molecule has 1 N–H and O–H groups in total. The molecular formula is C17H28N2O. The second-order valence-corrected chi connectivity index (χ2v) is 5.41. The van der Waals surface area contributed by atoms with E-state index in [-0.39, 0.29) is 11.9 Å². The van der Waals surface area contributed by atoms with E-state index in [1.807, 2.05) is 18.7 Å². The Balaban J connectivity index is 2.47. The zero-order valence-corrected chi connectivity index (χ0v) is 13.5. The fourth-order valence-corrected chi connectivity index (χ4v) is 2.51. The molecular weight excluding hydrogens is 248 g/mol. The van der Waals surface area contributed by atoms with Crippen molar-refractivity contribution in [2.24, 2.45) is 0 Å². The number of carbonyl (C=O) groups is 1. The lowest BCUT2D eigenvalue weighted by Gasteiger charge is -2.20. The van der Waals surface area contributed by atoms with E-state index in [4.69, 9.17) is 0 Å². The molecule has 0 heterocycles. The molecule has 1 unspecified atom stereocenters. The van der Waals surface area contributed by atoms with Crippen molar-refractivity contribution < 1.29 is 4.79 Å². The molecule has 0 aliphatic rings. The van der Waals surface area contributed by atoms with Gasteiger partial charge in [-0.05, 0) is 40.2 Å². The van der Waals surface area contributed by atoms with Gasteiger partial charge in [-0.1, -0.05) is 29.3 Å². The zero-order valence-electron chi connectivity index (χ0n) is 13.5. The van der Waals surface area contributed by atoms with Crippen LogP contribution in [0.4, 0.5) is 0 Å². The molecule has 0 spiro atoms. The van der Waals surface area contributed by atoms with Gasteiger partial charge in [-0.2, -0.15) is 0 Å². The second kappa shape index (κ2) is 8.05. The summed E-state index contributed by atoms with van der Waals surface area (Å²) in [5, 5.41) is 3.44. The molecule has 0 saturated carbocycles. The molecule has 3 heteroatoms. The molecule has 1 atom stereocenters. The first kappa shape index (κ1) is 16.7. The van der Waals surface area contributed by atoms with Crippen LogP contribution in [0.25, 0.3) is 0 Å². The first-order chi connectivity index (χ1) is 9.47. The Morgan fingerprint density at radius 3 is 2.20 bits per heavy atom. The van der Waals surface area contributed by atoms with Gasteiger partial charge in [-0.25, -0.2) is 0 Å².